The molecule has 0 aromatic carbocycles. The molecule has 0 aromatic rings. The number of carbonyl (C=O) groups excluding carboxylic acids is 2. The Morgan fingerprint density at radius 3 is 2.52 bits per heavy atom. The summed E-state index contributed by atoms with van der Waals surface area (Å²) in [4.78, 5) is 25.0. The predicted octanol–water partition coefficient (Wildman–Crippen LogP) is 5.10. The molecule has 3 rings (SSSR count). The molecule has 0 saturated carbocycles. The van der Waals surface area contributed by atoms with Gasteiger partial charge in [-0.05, 0) is 63.4 Å². The molecule has 1 aliphatic heterocycles. The zero-order valence-corrected chi connectivity index (χ0v) is 17.7. The molecule has 0 radical (unpaired) electrons. The monoisotopic (exact) mass is 396 g/mol. The number of fused-ring (bicyclic) bond motifs is 3. The topological polar surface area (TPSA) is 63.6 Å². The third-order valence-electron chi connectivity index (χ3n) is 6.53. The number of ether oxygens (including phenoxy) is 1. The largest absolute Gasteiger partial charge is 0.512 e. The Morgan fingerprint density at radius 2 is 1.76 bits per heavy atom. The van der Waals surface area contributed by atoms with Crippen molar-refractivity contribution in [1.82, 2.24) is 0 Å². The molecule has 0 amide bonds. The Balaban J connectivity index is 2.01. The molecule has 3 aliphatic rings. The van der Waals surface area contributed by atoms with Crippen molar-refractivity contribution < 1.29 is 19.4 Å². The summed E-state index contributed by atoms with van der Waals surface area (Å²) in [5, 5.41) is 11.1. The van der Waals surface area contributed by atoms with Crippen molar-refractivity contribution in [1.29, 1.82) is 0 Å². The predicted molar refractivity (Wildman–Crippen MR) is 114 cm³/mol. The van der Waals surface area contributed by atoms with Crippen molar-refractivity contribution in [3.05, 3.63) is 59.9 Å². The van der Waals surface area contributed by atoms with E-state index in [2.05, 4.69) is 38.2 Å². The molecule has 7 atom stereocenters. The summed E-state index contributed by atoms with van der Waals surface area (Å²) in [5.41, 5.74) is 1.37. The number of carbonyl (C=O) groups is 2. The van der Waals surface area contributed by atoms with Gasteiger partial charge in [-0.15, -0.1) is 0 Å². The van der Waals surface area contributed by atoms with Crippen LogP contribution in [0.25, 0.3) is 0 Å². The highest BCUT2D eigenvalue weighted by atomic mass is 16.5. The van der Waals surface area contributed by atoms with E-state index in [-0.39, 0.29) is 29.4 Å². The van der Waals surface area contributed by atoms with Crippen molar-refractivity contribution >= 4 is 11.8 Å². The number of rotatable bonds is 0. The van der Waals surface area contributed by atoms with Crippen molar-refractivity contribution in [2.75, 3.05) is 0 Å². The fraction of sp³-hybridized carbons (Fsp3) is 0.520. The quantitative estimate of drug-likeness (QED) is 0.351. The van der Waals surface area contributed by atoms with E-state index in [1.807, 2.05) is 12.2 Å². The van der Waals surface area contributed by atoms with E-state index < -0.39 is 23.8 Å². The van der Waals surface area contributed by atoms with Crippen molar-refractivity contribution in [3.63, 3.8) is 0 Å². The molecule has 1 heterocycles. The Bertz CT molecular complexity index is 798. The lowest BCUT2D eigenvalue weighted by molar-refractivity contribution is -0.152. The van der Waals surface area contributed by atoms with Gasteiger partial charge in [0.25, 0.3) is 0 Å². The SMILES string of the molecule is CC1=CC[C@@H]2[C@H]3C(O)=CC(=O)[C@@H](C)C(=O)O[C@H](C)/C=C/C=C\[C@@H](C)[C@H]3C=C[C@H]2C1. The molecule has 2 aliphatic carbocycles. The highest BCUT2D eigenvalue weighted by molar-refractivity contribution is 6.04. The van der Waals surface area contributed by atoms with Crippen LogP contribution in [-0.4, -0.2) is 23.0 Å². The van der Waals surface area contributed by atoms with Crippen LogP contribution in [0.2, 0.25) is 0 Å². The summed E-state index contributed by atoms with van der Waals surface area (Å²) >= 11 is 0. The molecular weight excluding hydrogens is 364 g/mol. The maximum atomic E-state index is 12.7. The van der Waals surface area contributed by atoms with Gasteiger partial charge in [-0.1, -0.05) is 49.0 Å². The average Bonchev–Trinajstić information content (AvgIpc) is 2.68. The van der Waals surface area contributed by atoms with Gasteiger partial charge in [0.2, 0.25) is 0 Å². The first kappa shape index (κ1) is 21.4. The third-order valence-corrected chi connectivity index (χ3v) is 6.53. The maximum absolute atomic E-state index is 12.7. The van der Waals surface area contributed by atoms with Crippen LogP contribution in [0.1, 0.15) is 40.5 Å². The van der Waals surface area contributed by atoms with Crippen molar-refractivity contribution in [3.8, 4) is 0 Å². The van der Waals surface area contributed by atoms with Gasteiger partial charge in [0.15, 0.2) is 5.78 Å². The fourth-order valence-electron chi connectivity index (χ4n) is 4.73. The summed E-state index contributed by atoms with van der Waals surface area (Å²) in [6, 6.07) is 0. The van der Waals surface area contributed by atoms with Gasteiger partial charge in [-0.25, -0.2) is 0 Å². The molecular formula is C25H32O4. The fourth-order valence-corrected chi connectivity index (χ4v) is 4.73. The number of aliphatic hydroxyl groups excluding tert-OH is 1. The Morgan fingerprint density at radius 1 is 1.03 bits per heavy atom. The van der Waals surface area contributed by atoms with Crippen molar-refractivity contribution in [2.45, 2.75) is 46.6 Å². The Kier molecular flexibility index (Phi) is 6.61. The number of esters is 1. The Hall–Kier alpha value is -2.36. The standard InChI is InChI=1S/C25H32O4/c1-15-9-11-21-19(13-15)10-12-20-16(2)7-5-6-8-17(3)29-25(28)18(4)22(26)14-23(27)24(20)21/h5-10,12,14,16-21,24,27H,11,13H2,1-4H3/b7-5-,8-6+,23-14?/t16-,17-,18-,19+,20-,21+,24+/m1/s1. The number of allylic oxidation sites excluding steroid dienone is 9. The Labute approximate surface area is 173 Å². The maximum Gasteiger partial charge on any atom is 0.317 e. The minimum atomic E-state index is -0.939. The summed E-state index contributed by atoms with van der Waals surface area (Å²) in [6.07, 6.45) is 17.2. The summed E-state index contributed by atoms with van der Waals surface area (Å²) in [7, 11) is 0. The van der Waals surface area contributed by atoms with Crippen LogP contribution < -0.4 is 0 Å². The molecule has 0 spiro atoms. The normalized spacial score (nSPS) is 40.5. The van der Waals surface area contributed by atoms with Crippen LogP contribution in [0.4, 0.5) is 0 Å². The van der Waals surface area contributed by atoms with Gasteiger partial charge >= 0.3 is 5.97 Å². The average molecular weight is 397 g/mol. The molecule has 0 bridgehead atoms. The second kappa shape index (κ2) is 8.98. The second-order valence-electron chi connectivity index (χ2n) is 8.77. The lowest BCUT2D eigenvalue weighted by atomic mass is 9.62. The minimum absolute atomic E-state index is 0.0906. The minimum Gasteiger partial charge on any atom is -0.512 e. The van der Waals surface area contributed by atoms with Crippen LogP contribution in [0.15, 0.2) is 59.9 Å². The first-order chi connectivity index (χ1) is 13.8. The van der Waals surface area contributed by atoms with E-state index in [9.17, 15) is 14.7 Å². The molecule has 4 heteroatoms. The molecule has 156 valence electrons. The van der Waals surface area contributed by atoms with Gasteiger partial charge in [-0.3, -0.25) is 9.59 Å². The van der Waals surface area contributed by atoms with E-state index >= 15 is 0 Å². The van der Waals surface area contributed by atoms with E-state index in [0.29, 0.717) is 5.92 Å². The van der Waals surface area contributed by atoms with Gasteiger partial charge in [0, 0.05) is 12.0 Å². The molecule has 1 N–H and O–H groups in total. The molecule has 0 aromatic heterocycles. The zero-order valence-electron chi connectivity index (χ0n) is 17.7. The van der Waals surface area contributed by atoms with E-state index in [4.69, 9.17) is 4.74 Å². The third kappa shape index (κ3) is 4.80. The van der Waals surface area contributed by atoms with E-state index in [1.54, 1.807) is 13.0 Å². The molecule has 0 saturated heterocycles. The van der Waals surface area contributed by atoms with Crippen LogP contribution in [0.3, 0.4) is 0 Å². The number of hydrogen-bond acceptors (Lipinski definition) is 4. The van der Waals surface area contributed by atoms with Gasteiger partial charge in [0.1, 0.15) is 12.0 Å². The van der Waals surface area contributed by atoms with Crippen LogP contribution >= 0.6 is 0 Å². The lowest BCUT2D eigenvalue weighted by Gasteiger charge is -2.43. The van der Waals surface area contributed by atoms with E-state index in [1.165, 1.54) is 18.6 Å². The van der Waals surface area contributed by atoms with Crippen LogP contribution in [0.5, 0.6) is 0 Å². The molecule has 4 nitrogen and oxygen atoms in total. The van der Waals surface area contributed by atoms with E-state index in [0.717, 1.165) is 12.8 Å². The van der Waals surface area contributed by atoms with Gasteiger partial charge in [0.05, 0.1) is 5.76 Å². The van der Waals surface area contributed by atoms with Gasteiger partial charge in [-0.2, -0.15) is 0 Å². The number of ketones is 1. The first-order valence-corrected chi connectivity index (χ1v) is 10.6. The first-order valence-electron chi connectivity index (χ1n) is 10.6. The summed E-state index contributed by atoms with van der Waals surface area (Å²) < 4.78 is 5.33. The second-order valence-corrected chi connectivity index (χ2v) is 8.77. The van der Waals surface area contributed by atoms with Crippen LogP contribution in [-0.2, 0) is 14.3 Å². The highest BCUT2D eigenvalue weighted by Crippen LogP contribution is 2.47. The summed E-state index contributed by atoms with van der Waals surface area (Å²) in [5.74, 6) is -1.07. The number of aliphatic hydroxyl groups is 1. The summed E-state index contributed by atoms with van der Waals surface area (Å²) in [6.45, 7) is 7.59. The zero-order chi connectivity index (χ0) is 21.1. The number of cyclic esters (lactones) is 1. The van der Waals surface area contributed by atoms with Crippen LogP contribution in [0, 0.1) is 35.5 Å². The molecule has 0 fully saturated rings. The molecule has 29 heavy (non-hydrogen) atoms. The smallest absolute Gasteiger partial charge is 0.317 e. The number of hydrogen-bond donors (Lipinski definition) is 1. The van der Waals surface area contributed by atoms with Gasteiger partial charge < -0.3 is 9.84 Å². The molecule has 0 unspecified atom stereocenters. The highest BCUT2D eigenvalue weighted by Gasteiger charge is 2.41. The van der Waals surface area contributed by atoms with Crippen molar-refractivity contribution in [2.24, 2.45) is 35.5 Å². The lowest BCUT2D eigenvalue weighted by Crippen LogP contribution is -2.37.